The highest BCUT2D eigenvalue weighted by Gasteiger charge is 2.24. The van der Waals surface area contributed by atoms with Crippen molar-refractivity contribution in [2.45, 2.75) is 18.9 Å². The Morgan fingerprint density at radius 3 is 2.60 bits per heavy atom. The number of nitrogens with zero attached hydrogens (tertiary/aromatic N) is 3. The number of benzene rings is 1. The Morgan fingerprint density at radius 2 is 1.93 bits per heavy atom. The van der Waals surface area contributed by atoms with Crippen molar-refractivity contribution >= 4 is 29.3 Å². The molecule has 2 aliphatic rings. The summed E-state index contributed by atoms with van der Waals surface area (Å²) >= 11 is 0. The van der Waals surface area contributed by atoms with Crippen LogP contribution in [0.3, 0.4) is 0 Å². The lowest BCUT2D eigenvalue weighted by Crippen LogP contribution is -2.42. The third-order valence-corrected chi connectivity index (χ3v) is 4.81. The first-order valence-corrected chi connectivity index (χ1v) is 9.87. The molecule has 10 nitrogen and oxygen atoms in total. The smallest absolute Gasteiger partial charge is 0.260 e. The lowest BCUT2D eigenvalue weighted by atomic mass is 10.3. The van der Waals surface area contributed by atoms with Crippen LogP contribution in [0.4, 0.5) is 17.5 Å². The highest BCUT2D eigenvalue weighted by molar-refractivity contribution is 5.97. The molecule has 1 aromatic heterocycles. The van der Waals surface area contributed by atoms with Crippen LogP contribution in [0.2, 0.25) is 0 Å². The average Bonchev–Trinajstić information content (AvgIpc) is 3.58. The number of nitrogens with two attached hydrogens (primary N) is 1. The molecule has 0 bridgehead atoms. The van der Waals surface area contributed by atoms with E-state index >= 15 is 0 Å². The molecule has 0 unspecified atom stereocenters. The van der Waals surface area contributed by atoms with Crippen molar-refractivity contribution in [3.63, 3.8) is 0 Å². The number of hydrogen-bond acceptors (Lipinski definition) is 8. The SMILES string of the molecule is NC(=O)c1cnc(Nc2ccc(OCC(=O)N3CCOCC3)cc2)nc1NC1CC1. The fourth-order valence-corrected chi connectivity index (χ4v) is 2.97. The van der Waals surface area contributed by atoms with Gasteiger partial charge in [0.15, 0.2) is 6.61 Å². The van der Waals surface area contributed by atoms with Gasteiger partial charge in [-0.15, -0.1) is 0 Å². The standard InChI is InChI=1S/C20H24N6O4/c21-18(28)16-11-22-20(25-19(16)23-13-1-2-13)24-14-3-5-15(6-4-14)30-12-17(27)26-7-9-29-10-8-26/h3-6,11,13H,1-2,7-10,12H2,(H2,21,28)(H2,22,23,24,25). The van der Waals surface area contributed by atoms with Crippen LogP contribution in [0.5, 0.6) is 5.75 Å². The Bertz CT molecular complexity index is 910. The summed E-state index contributed by atoms with van der Waals surface area (Å²) in [5.74, 6) is 0.739. The summed E-state index contributed by atoms with van der Waals surface area (Å²) in [5, 5.41) is 6.29. The molecule has 30 heavy (non-hydrogen) atoms. The summed E-state index contributed by atoms with van der Waals surface area (Å²) in [7, 11) is 0. The number of carbonyl (C=O) groups is 2. The largest absolute Gasteiger partial charge is 0.484 e. The number of morpholine rings is 1. The monoisotopic (exact) mass is 412 g/mol. The van der Waals surface area contributed by atoms with Crippen LogP contribution in [0.15, 0.2) is 30.5 Å². The van der Waals surface area contributed by atoms with E-state index in [0.717, 1.165) is 18.5 Å². The predicted molar refractivity (Wildman–Crippen MR) is 110 cm³/mol. The van der Waals surface area contributed by atoms with E-state index in [2.05, 4.69) is 20.6 Å². The van der Waals surface area contributed by atoms with Crippen molar-refractivity contribution in [3.8, 4) is 5.75 Å². The molecule has 158 valence electrons. The van der Waals surface area contributed by atoms with Gasteiger partial charge in [-0.25, -0.2) is 4.98 Å². The minimum absolute atomic E-state index is 0.0132. The van der Waals surface area contributed by atoms with Gasteiger partial charge in [-0.3, -0.25) is 9.59 Å². The maximum Gasteiger partial charge on any atom is 0.260 e. The molecule has 0 atom stereocenters. The van der Waals surface area contributed by atoms with Crippen molar-refractivity contribution < 1.29 is 19.1 Å². The van der Waals surface area contributed by atoms with Gasteiger partial charge < -0.3 is 30.7 Å². The van der Waals surface area contributed by atoms with Crippen LogP contribution in [0, 0.1) is 0 Å². The molecule has 1 aromatic carbocycles. The van der Waals surface area contributed by atoms with Gasteiger partial charge >= 0.3 is 0 Å². The zero-order chi connectivity index (χ0) is 20.9. The first-order chi connectivity index (χ1) is 14.6. The van der Waals surface area contributed by atoms with Gasteiger partial charge in [0.25, 0.3) is 11.8 Å². The highest BCUT2D eigenvalue weighted by Crippen LogP contribution is 2.26. The number of rotatable bonds is 8. The molecule has 4 N–H and O–H groups in total. The first kappa shape index (κ1) is 19.9. The number of anilines is 3. The molecule has 2 amide bonds. The second-order valence-corrected chi connectivity index (χ2v) is 7.17. The summed E-state index contributed by atoms with van der Waals surface area (Å²) in [4.78, 5) is 34.0. The molecule has 10 heteroatoms. The maximum atomic E-state index is 12.1. The summed E-state index contributed by atoms with van der Waals surface area (Å²) < 4.78 is 10.8. The zero-order valence-electron chi connectivity index (χ0n) is 16.5. The molecule has 1 aliphatic carbocycles. The lowest BCUT2D eigenvalue weighted by molar-refractivity contribution is -0.137. The third-order valence-electron chi connectivity index (χ3n) is 4.81. The average molecular weight is 412 g/mol. The van der Waals surface area contributed by atoms with Crippen LogP contribution >= 0.6 is 0 Å². The van der Waals surface area contributed by atoms with Gasteiger partial charge in [-0.1, -0.05) is 0 Å². The molecule has 0 radical (unpaired) electrons. The molecular weight excluding hydrogens is 388 g/mol. The number of hydrogen-bond donors (Lipinski definition) is 3. The third kappa shape index (κ3) is 5.15. The van der Waals surface area contributed by atoms with E-state index in [1.165, 1.54) is 6.20 Å². The van der Waals surface area contributed by atoms with Crippen LogP contribution in [0.25, 0.3) is 0 Å². The normalized spacial score (nSPS) is 16.1. The highest BCUT2D eigenvalue weighted by atomic mass is 16.5. The summed E-state index contributed by atoms with van der Waals surface area (Å²) in [5.41, 5.74) is 6.41. The lowest BCUT2D eigenvalue weighted by Gasteiger charge is -2.26. The van der Waals surface area contributed by atoms with E-state index in [-0.39, 0.29) is 18.1 Å². The predicted octanol–water partition coefficient (Wildman–Crippen LogP) is 1.13. The fraction of sp³-hybridized carbons (Fsp3) is 0.400. The van der Waals surface area contributed by atoms with Crippen molar-refractivity contribution in [1.29, 1.82) is 0 Å². The number of primary amides is 1. The quantitative estimate of drug-likeness (QED) is 0.588. The molecule has 4 rings (SSSR count). The van der Waals surface area contributed by atoms with E-state index < -0.39 is 5.91 Å². The molecular formula is C20H24N6O4. The van der Waals surface area contributed by atoms with Gasteiger partial charge in [0, 0.05) is 31.0 Å². The summed E-state index contributed by atoms with van der Waals surface area (Å²) in [6.07, 6.45) is 3.50. The summed E-state index contributed by atoms with van der Waals surface area (Å²) in [6.45, 7) is 2.30. The topological polar surface area (TPSA) is 132 Å². The Labute approximate surface area is 173 Å². The van der Waals surface area contributed by atoms with Crippen LogP contribution in [-0.2, 0) is 9.53 Å². The molecule has 1 saturated heterocycles. The minimum atomic E-state index is -0.571. The Hall–Kier alpha value is -3.40. The number of amides is 2. The Morgan fingerprint density at radius 1 is 1.20 bits per heavy atom. The number of aromatic nitrogens is 2. The van der Waals surface area contributed by atoms with Gasteiger partial charge in [-0.05, 0) is 37.1 Å². The van der Waals surface area contributed by atoms with E-state index in [1.54, 1.807) is 29.2 Å². The van der Waals surface area contributed by atoms with Gasteiger partial charge in [0.1, 0.15) is 11.6 Å². The first-order valence-electron chi connectivity index (χ1n) is 9.87. The molecule has 2 fully saturated rings. The van der Waals surface area contributed by atoms with Crippen LogP contribution < -0.4 is 21.1 Å². The number of nitrogens with one attached hydrogen (secondary N) is 2. The summed E-state index contributed by atoms with van der Waals surface area (Å²) in [6, 6.07) is 7.44. The van der Waals surface area contributed by atoms with Crippen molar-refractivity contribution in [2.24, 2.45) is 5.73 Å². The minimum Gasteiger partial charge on any atom is -0.484 e. The Balaban J connectivity index is 1.35. The number of carbonyl (C=O) groups excluding carboxylic acids is 2. The van der Waals surface area contributed by atoms with Crippen molar-refractivity contribution in [1.82, 2.24) is 14.9 Å². The van der Waals surface area contributed by atoms with Crippen molar-refractivity contribution in [2.75, 3.05) is 43.5 Å². The van der Waals surface area contributed by atoms with E-state index in [4.69, 9.17) is 15.2 Å². The fourth-order valence-electron chi connectivity index (χ4n) is 2.97. The van der Waals surface area contributed by atoms with Crippen LogP contribution in [0.1, 0.15) is 23.2 Å². The molecule has 0 spiro atoms. The van der Waals surface area contributed by atoms with Crippen LogP contribution in [-0.4, -0.2) is 65.6 Å². The van der Waals surface area contributed by atoms with E-state index in [9.17, 15) is 9.59 Å². The molecule has 2 aromatic rings. The van der Waals surface area contributed by atoms with Gasteiger partial charge in [-0.2, -0.15) is 4.98 Å². The zero-order valence-corrected chi connectivity index (χ0v) is 16.5. The Kier molecular flexibility index (Phi) is 5.94. The van der Waals surface area contributed by atoms with E-state index in [0.29, 0.717) is 49.9 Å². The maximum absolute atomic E-state index is 12.1. The van der Waals surface area contributed by atoms with E-state index in [1.807, 2.05) is 0 Å². The second kappa shape index (κ2) is 8.95. The van der Waals surface area contributed by atoms with Gasteiger partial charge in [0.2, 0.25) is 5.95 Å². The molecule has 2 heterocycles. The second-order valence-electron chi connectivity index (χ2n) is 7.17. The van der Waals surface area contributed by atoms with Crippen molar-refractivity contribution in [3.05, 3.63) is 36.0 Å². The molecule has 1 saturated carbocycles. The van der Waals surface area contributed by atoms with Gasteiger partial charge in [0.05, 0.1) is 18.8 Å². The number of ether oxygens (including phenoxy) is 2. The molecule has 1 aliphatic heterocycles.